The predicted molar refractivity (Wildman–Crippen MR) is 87.4 cm³/mol. The Morgan fingerprint density at radius 2 is 2.00 bits per heavy atom. The van der Waals surface area contributed by atoms with E-state index in [-0.39, 0.29) is 10.6 Å². The quantitative estimate of drug-likeness (QED) is 0.850. The number of rotatable bonds is 2. The molecule has 6 heteroatoms. The average molecular weight is 339 g/mol. The van der Waals surface area contributed by atoms with Crippen LogP contribution in [0.4, 0.5) is 9.52 Å². The summed E-state index contributed by atoms with van der Waals surface area (Å²) in [5.41, 5.74) is 0.936. The number of anilines is 1. The van der Waals surface area contributed by atoms with E-state index in [1.54, 1.807) is 0 Å². The Hall–Kier alpha value is -1.46. The van der Waals surface area contributed by atoms with Crippen molar-refractivity contribution in [3.05, 3.63) is 45.2 Å². The zero-order chi connectivity index (χ0) is 15.5. The third-order valence-corrected chi connectivity index (χ3v) is 5.14. The monoisotopic (exact) mass is 338 g/mol. The van der Waals surface area contributed by atoms with E-state index in [1.807, 2.05) is 0 Å². The molecule has 1 heterocycles. The van der Waals surface area contributed by atoms with Crippen molar-refractivity contribution in [1.29, 1.82) is 0 Å². The molecule has 116 valence electrons. The zero-order valence-corrected chi connectivity index (χ0v) is 13.6. The lowest BCUT2D eigenvalue weighted by atomic mass is 10.0. The van der Waals surface area contributed by atoms with Crippen molar-refractivity contribution in [2.45, 2.75) is 38.5 Å². The highest BCUT2D eigenvalue weighted by Crippen LogP contribution is 2.29. The van der Waals surface area contributed by atoms with Crippen LogP contribution in [0.2, 0.25) is 5.02 Å². The van der Waals surface area contributed by atoms with Crippen LogP contribution in [-0.4, -0.2) is 10.9 Å². The number of carbonyl (C=O) groups is 1. The van der Waals surface area contributed by atoms with E-state index in [1.165, 1.54) is 47.3 Å². The fraction of sp³-hybridized carbons (Fsp3) is 0.375. The molecule has 0 unspecified atom stereocenters. The smallest absolute Gasteiger partial charge is 0.261 e. The van der Waals surface area contributed by atoms with Gasteiger partial charge in [0.1, 0.15) is 5.82 Å². The van der Waals surface area contributed by atoms with Crippen LogP contribution in [0, 0.1) is 5.82 Å². The minimum absolute atomic E-state index is 0.104. The van der Waals surface area contributed by atoms with E-state index in [2.05, 4.69) is 10.3 Å². The van der Waals surface area contributed by atoms with Crippen LogP contribution in [0.15, 0.2) is 18.2 Å². The van der Waals surface area contributed by atoms with Crippen LogP contribution in [0.5, 0.6) is 0 Å². The van der Waals surface area contributed by atoms with Gasteiger partial charge in [0.05, 0.1) is 16.3 Å². The molecule has 0 fully saturated rings. The topological polar surface area (TPSA) is 42.0 Å². The Labute approximate surface area is 137 Å². The van der Waals surface area contributed by atoms with Gasteiger partial charge in [-0.05, 0) is 37.8 Å². The number of thiazole rings is 1. The molecule has 1 aliphatic carbocycles. The number of carbonyl (C=O) groups excluding carboxylic acids is 1. The summed E-state index contributed by atoms with van der Waals surface area (Å²) in [6, 6.07) is 4.20. The van der Waals surface area contributed by atoms with E-state index in [9.17, 15) is 9.18 Å². The van der Waals surface area contributed by atoms with E-state index in [0.717, 1.165) is 31.4 Å². The molecule has 0 atom stereocenters. The number of halogens is 2. The van der Waals surface area contributed by atoms with Crippen LogP contribution >= 0.6 is 22.9 Å². The molecule has 0 bridgehead atoms. The van der Waals surface area contributed by atoms with Gasteiger partial charge in [-0.1, -0.05) is 30.5 Å². The lowest BCUT2D eigenvalue weighted by Gasteiger charge is -2.06. The summed E-state index contributed by atoms with van der Waals surface area (Å²) in [5.74, 6) is -1.18. The standard InChI is InChI=1S/C16H16ClFN2OS/c17-10-6-5-7-11(18)14(10)15(21)20-16-19-12-8-3-1-2-4-9-13(12)22-16/h5-7H,1-4,8-9H2,(H,19,20,21). The molecule has 0 radical (unpaired) electrons. The van der Waals surface area contributed by atoms with Gasteiger partial charge < -0.3 is 0 Å². The summed E-state index contributed by atoms with van der Waals surface area (Å²) in [7, 11) is 0. The molecule has 0 aliphatic heterocycles. The van der Waals surface area contributed by atoms with Crippen molar-refractivity contribution in [1.82, 2.24) is 4.98 Å². The van der Waals surface area contributed by atoms with Crippen molar-refractivity contribution in [3.63, 3.8) is 0 Å². The maximum absolute atomic E-state index is 13.8. The number of hydrogen-bond acceptors (Lipinski definition) is 3. The van der Waals surface area contributed by atoms with E-state index >= 15 is 0 Å². The van der Waals surface area contributed by atoms with Gasteiger partial charge in [-0.25, -0.2) is 9.37 Å². The average Bonchev–Trinajstić information content (AvgIpc) is 2.80. The second-order valence-corrected chi connectivity index (χ2v) is 6.84. The molecule has 22 heavy (non-hydrogen) atoms. The molecule has 1 N–H and O–H groups in total. The SMILES string of the molecule is O=C(Nc1nc2c(s1)CCCCCC2)c1c(F)cccc1Cl. The molecule has 1 aromatic carbocycles. The van der Waals surface area contributed by atoms with Crippen LogP contribution < -0.4 is 5.32 Å². The third-order valence-electron chi connectivity index (χ3n) is 3.76. The number of fused-ring (bicyclic) bond motifs is 1. The minimum atomic E-state index is -0.625. The Bertz CT molecular complexity index is 656. The molecule has 2 aromatic rings. The highest BCUT2D eigenvalue weighted by molar-refractivity contribution is 7.15. The molecule has 0 saturated heterocycles. The number of hydrogen-bond donors (Lipinski definition) is 1. The predicted octanol–water partition coefficient (Wildman–Crippen LogP) is 4.85. The zero-order valence-electron chi connectivity index (χ0n) is 12.0. The highest BCUT2D eigenvalue weighted by Gasteiger charge is 2.19. The van der Waals surface area contributed by atoms with Gasteiger partial charge in [-0.2, -0.15) is 0 Å². The minimum Gasteiger partial charge on any atom is -0.298 e. The van der Waals surface area contributed by atoms with Crippen molar-refractivity contribution in [3.8, 4) is 0 Å². The van der Waals surface area contributed by atoms with Crippen molar-refractivity contribution >= 4 is 34.0 Å². The number of benzene rings is 1. The Kier molecular flexibility index (Phi) is 4.74. The van der Waals surface area contributed by atoms with Crippen molar-refractivity contribution < 1.29 is 9.18 Å². The van der Waals surface area contributed by atoms with Gasteiger partial charge in [0.2, 0.25) is 0 Å². The fourth-order valence-corrected chi connectivity index (χ4v) is 3.93. The molecular formula is C16H16ClFN2OS. The third kappa shape index (κ3) is 3.31. The van der Waals surface area contributed by atoms with E-state index < -0.39 is 11.7 Å². The summed E-state index contributed by atoms with van der Waals surface area (Å²) in [4.78, 5) is 18.0. The van der Waals surface area contributed by atoms with Crippen molar-refractivity contribution in [2.75, 3.05) is 5.32 Å². The molecule has 1 amide bonds. The first kappa shape index (κ1) is 15.4. The second kappa shape index (κ2) is 6.75. The summed E-state index contributed by atoms with van der Waals surface area (Å²) < 4.78 is 13.8. The number of nitrogens with zero attached hydrogens (tertiary/aromatic N) is 1. The lowest BCUT2D eigenvalue weighted by Crippen LogP contribution is -2.14. The van der Waals surface area contributed by atoms with Crippen LogP contribution in [0.3, 0.4) is 0 Å². The van der Waals surface area contributed by atoms with E-state index in [0.29, 0.717) is 5.13 Å². The first-order chi connectivity index (χ1) is 10.6. The maximum Gasteiger partial charge on any atom is 0.261 e. The second-order valence-electron chi connectivity index (χ2n) is 5.35. The van der Waals surface area contributed by atoms with Crippen LogP contribution in [-0.2, 0) is 12.8 Å². The number of aryl methyl sites for hydroxylation is 2. The Balaban J connectivity index is 1.81. The van der Waals surface area contributed by atoms with Crippen LogP contribution in [0.25, 0.3) is 0 Å². The van der Waals surface area contributed by atoms with Gasteiger partial charge in [0.15, 0.2) is 5.13 Å². The molecule has 1 aliphatic rings. The van der Waals surface area contributed by atoms with Crippen LogP contribution in [0.1, 0.15) is 46.6 Å². The fourth-order valence-electron chi connectivity index (χ4n) is 2.63. The van der Waals surface area contributed by atoms with Gasteiger partial charge in [0.25, 0.3) is 5.91 Å². The van der Waals surface area contributed by atoms with Gasteiger partial charge in [0, 0.05) is 4.88 Å². The van der Waals surface area contributed by atoms with Gasteiger partial charge >= 0.3 is 0 Å². The molecule has 3 rings (SSSR count). The maximum atomic E-state index is 13.8. The van der Waals surface area contributed by atoms with Gasteiger partial charge in [-0.3, -0.25) is 10.1 Å². The van der Waals surface area contributed by atoms with Crippen molar-refractivity contribution in [2.24, 2.45) is 0 Å². The molecular weight excluding hydrogens is 323 g/mol. The summed E-state index contributed by atoms with van der Waals surface area (Å²) in [6.45, 7) is 0. The molecule has 3 nitrogen and oxygen atoms in total. The number of amides is 1. The molecule has 1 aromatic heterocycles. The number of aromatic nitrogens is 1. The lowest BCUT2D eigenvalue weighted by molar-refractivity contribution is 0.102. The Morgan fingerprint density at radius 1 is 1.23 bits per heavy atom. The Morgan fingerprint density at radius 3 is 2.77 bits per heavy atom. The summed E-state index contributed by atoms with van der Waals surface area (Å²) in [5, 5.41) is 3.31. The first-order valence-corrected chi connectivity index (χ1v) is 8.58. The molecule has 0 saturated carbocycles. The van der Waals surface area contributed by atoms with E-state index in [4.69, 9.17) is 11.6 Å². The molecule has 0 spiro atoms. The highest BCUT2D eigenvalue weighted by atomic mass is 35.5. The van der Waals surface area contributed by atoms with Gasteiger partial charge in [-0.15, -0.1) is 11.3 Å². The number of nitrogens with one attached hydrogen (secondary N) is 1. The largest absolute Gasteiger partial charge is 0.298 e. The first-order valence-electron chi connectivity index (χ1n) is 7.39. The summed E-state index contributed by atoms with van der Waals surface area (Å²) in [6.07, 6.45) is 6.70. The summed E-state index contributed by atoms with van der Waals surface area (Å²) >= 11 is 7.40. The normalized spacial score (nSPS) is 14.8.